The molecule has 5 rings (SSSR count). The number of likely N-dealkylation sites (tertiary alicyclic amines) is 1. The summed E-state index contributed by atoms with van der Waals surface area (Å²) in [6.45, 7) is 2.47. The standard InChI is InChI=1S/C25H25N3O4/c29-24(25(30)27-18-10-11-22-23(14-18)32-16-31-22)26-15-21(28-12-3-4-13-28)20-9-5-7-17-6-1-2-8-19(17)20/h1-2,5-11,14,21H,3-4,12-13,15-16H2,(H,26,29)(H,27,30)/t21-/m1/s1. The van der Waals surface area contributed by atoms with E-state index in [0.717, 1.165) is 25.9 Å². The Morgan fingerprint density at radius 3 is 2.56 bits per heavy atom. The molecule has 1 fully saturated rings. The maximum absolute atomic E-state index is 12.6. The van der Waals surface area contributed by atoms with Crippen LogP contribution >= 0.6 is 0 Å². The van der Waals surface area contributed by atoms with Gasteiger partial charge in [0.15, 0.2) is 11.5 Å². The Hall–Kier alpha value is -3.58. The normalized spacial score (nSPS) is 16.1. The Morgan fingerprint density at radius 2 is 1.69 bits per heavy atom. The predicted octanol–water partition coefficient (Wildman–Crippen LogP) is 3.46. The fourth-order valence-corrected chi connectivity index (χ4v) is 4.46. The summed E-state index contributed by atoms with van der Waals surface area (Å²) in [5.41, 5.74) is 1.65. The highest BCUT2D eigenvalue weighted by Crippen LogP contribution is 2.34. The Bertz CT molecular complexity index is 1150. The third-order valence-electron chi connectivity index (χ3n) is 6.06. The molecule has 2 aliphatic rings. The SMILES string of the molecule is O=C(NC[C@H](c1cccc2ccccc12)N1CCCC1)C(=O)Nc1ccc2c(c1)OCO2. The van der Waals surface area contributed by atoms with E-state index in [1.54, 1.807) is 18.2 Å². The van der Waals surface area contributed by atoms with E-state index < -0.39 is 11.8 Å². The van der Waals surface area contributed by atoms with E-state index >= 15 is 0 Å². The molecule has 7 heteroatoms. The topological polar surface area (TPSA) is 79.9 Å². The van der Waals surface area contributed by atoms with Crippen LogP contribution in [0, 0.1) is 0 Å². The van der Waals surface area contributed by atoms with Crippen LogP contribution in [0.25, 0.3) is 10.8 Å². The van der Waals surface area contributed by atoms with Crippen molar-refractivity contribution in [1.82, 2.24) is 10.2 Å². The Morgan fingerprint density at radius 1 is 0.906 bits per heavy atom. The molecule has 0 aliphatic carbocycles. The second kappa shape index (κ2) is 8.88. The fraction of sp³-hybridized carbons (Fsp3) is 0.280. The molecule has 3 aromatic rings. The van der Waals surface area contributed by atoms with Gasteiger partial charge in [0.25, 0.3) is 0 Å². The molecule has 2 aliphatic heterocycles. The van der Waals surface area contributed by atoms with Gasteiger partial charge in [-0.05, 0) is 54.4 Å². The molecule has 0 aromatic heterocycles. The van der Waals surface area contributed by atoms with Crippen molar-refractivity contribution in [2.45, 2.75) is 18.9 Å². The summed E-state index contributed by atoms with van der Waals surface area (Å²) in [7, 11) is 0. The number of nitrogens with one attached hydrogen (secondary N) is 2. The van der Waals surface area contributed by atoms with Crippen LogP contribution < -0.4 is 20.1 Å². The maximum atomic E-state index is 12.6. The van der Waals surface area contributed by atoms with Crippen molar-refractivity contribution in [3.63, 3.8) is 0 Å². The van der Waals surface area contributed by atoms with Crippen LogP contribution in [0.15, 0.2) is 60.7 Å². The van der Waals surface area contributed by atoms with Crippen LogP contribution in [-0.4, -0.2) is 43.1 Å². The molecule has 0 unspecified atom stereocenters. The lowest BCUT2D eigenvalue weighted by molar-refractivity contribution is -0.136. The third-order valence-corrected chi connectivity index (χ3v) is 6.06. The first kappa shape index (κ1) is 20.3. The van der Waals surface area contributed by atoms with Gasteiger partial charge in [-0.25, -0.2) is 0 Å². The van der Waals surface area contributed by atoms with Crippen LogP contribution in [0.2, 0.25) is 0 Å². The van der Waals surface area contributed by atoms with Crippen LogP contribution in [0.5, 0.6) is 11.5 Å². The summed E-state index contributed by atoms with van der Waals surface area (Å²) in [4.78, 5) is 27.5. The second-order valence-corrected chi connectivity index (χ2v) is 8.06. The zero-order valence-corrected chi connectivity index (χ0v) is 17.7. The van der Waals surface area contributed by atoms with E-state index in [4.69, 9.17) is 9.47 Å². The Kier molecular flexibility index (Phi) is 5.64. The van der Waals surface area contributed by atoms with Crippen LogP contribution in [-0.2, 0) is 9.59 Å². The molecule has 3 aromatic carbocycles. The number of amides is 2. The molecule has 0 bridgehead atoms. The van der Waals surface area contributed by atoms with Gasteiger partial charge < -0.3 is 20.1 Å². The van der Waals surface area contributed by atoms with Crippen molar-refractivity contribution < 1.29 is 19.1 Å². The first-order valence-electron chi connectivity index (χ1n) is 10.9. The average molecular weight is 431 g/mol. The van der Waals surface area contributed by atoms with E-state index in [-0.39, 0.29) is 12.8 Å². The molecule has 7 nitrogen and oxygen atoms in total. The van der Waals surface area contributed by atoms with Crippen molar-refractivity contribution in [3.05, 3.63) is 66.2 Å². The van der Waals surface area contributed by atoms with Gasteiger partial charge in [0.1, 0.15) is 0 Å². The quantitative estimate of drug-likeness (QED) is 0.605. The minimum atomic E-state index is -0.707. The maximum Gasteiger partial charge on any atom is 0.313 e. The van der Waals surface area contributed by atoms with Crippen LogP contribution in [0.1, 0.15) is 24.4 Å². The van der Waals surface area contributed by atoms with Gasteiger partial charge in [0, 0.05) is 18.3 Å². The highest BCUT2D eigenvalue weighted by molar-refractivity contribution is 6.39. The van der Waals surface area contributed by atoms with E-state index in [1.807, 2.05) is 12.1 Å². The van der Waals surface area contributed by atoms with Gasteiger partial charge in [-0.3, -0.25) is 14.5 Å². The lowest BCUT2D eigenvalue weighted by atomic mass is 9.97. The summed E-state index contributed by atoms with van der Waals surface area (Å²) >= 11 is 0. The zero-order chi connectivity index (χ0) is 21.9. The van der Waals surface area contributed by atoms with Crippen molar-refractivity contribution >= 4 is 28.3 Å². The molecule has 0 radical (unpaired) electrons. The number of ether oxygens (including phenoxy) is 2. The smallest absolute Gasteiger partial charge is 0.313 e. The Labute approximate surface area is 186 Å². The molecular formula is C25H25N3O4. The van der Waals surface area contributed by atoms with Crippen molar-refractivity contribution in [2.75, 3.05) is 31.7 Å². The second-order valence-electron chi connectivity index (χ2n) is 8.06. The molecular weight excluding hydrogens is 406 g/mol. The number of hydrogen-bond acceptors (Lipinski definition) is 5. The summed E-state index contributed by atoms with van der Waals surface area (Å²) in [6.07, 6.45) is 2.28. The van der Waals surface area contributed by atoms with E-state index in [9.17, 15) is 9.59 Å². The van der Waals surface area contributed by atoms with E-state index in [2.05, 4.69) is 45.9 Å². The number of nitrogens with zero attached hydrogens (tertiary/aromatic N) is 1. The summed E-state index contributed by atoms with van der Waals surface area (Å²) < 4.78 is 10.6. The number of rotatable bonds is 5. The highest BCUT2D eigenvalue weighted by atomic mass is 16.7. The van der Waals surface area contributed by atoms with Gasteiger partial charge in [-0.1, -0.05) is 42.5 Å². The van der Waals surface area contributed by atoms with Gasteiger partial charge in [0.2, 0.25) is 6.79 Å². The van der Waals surface area contributed by atoms with Gasteiger partial charge >= 0.3 is 11.8 Å². The van der Waals surface area contributed by atoms with Crippen LogP contribution in [0.4, 0.5) is 5.69 Å². The summed E-state index contributed by atoms with van der Waals surface area (Å²) in [5.74, 6) is -0.196. The number of hydrogen-bond donors (Lipinski definition) is 2. The van der Waals surface area contributed by atoms with E-state index in [0.29, 0.717) is 23.7 Å². The number of carbonyl (C=O) groups excluding carboxylic acids is 2. The van der Waals surface area contributed by atoms with E-state index in [1.165, 1.54) is 16.3 Å². The molecule has 164 valence electrons. The van der Waals surface area contributed by atoms with Crippen molar-refractivity contribution in [3.8, 4) is 11.5 Å². The molecule has 32 heavy (non-hydrogen) atoms. The largest absolute Gasteiger partial charge is 0.454 e. The summed E-state index contributed by atoms with van der Waals surface area (Å²) in [5, 5.41) is 7.82. The first-order chi connectivity index (χ1) is 15.7. The van der Waals surface area contributed by atoms with Gasteiger partial charge in [0.05, 0.1) is 6.04 Å². The monoisotopic (exact) mass is 431 g/mol. The predicted molar refractivity (Wildman–Crippen MR) is 122 cm³/mol. The number of anilines is 1. The minimum absolute atomic E-state index is 0.00546. The van der Waals surface area contributed by atoms with Crippen molar-refractivity contribution in [2.24, 2.45) is 0 Å². The first-order valence-corrected chi connectivity index (χ1v) is 10.9. The molecule has 1 saturated heterocycles. The fourth-order valence-electron chi connectivity index (χ4n) is 4.46. The molecule has 1 atom stereocenters. The summed E-state index contributed by atoms with van der Waals surface area (Å²) in [6, 6.07) is 19.6. The number of carbonyl (C=O) groups is 2. The molecule has 2 amide bonds. The lowest BCUT2D eigenvalue weighted by Gasteiger charge is -2.29. The molecule has 2 heterocycles. The highest BCUT2D eigenvalue weighted by Gasteiger charge is 2.26. The molecule has 0 spiro atoms. The molecule has 2 N–H and O–H groups in total. The number of benzene rings is 3. The van der Waals surface area contributed by atoms with Gasteiger partial charge in [-0.2, -0.15) is 0 Å². The minimum Gasteiger partial charge on any atom is -0.454 e. The Balaban J connectivity index is 1.30. The van der Waals surface area contributed by atoms with Crippen LogP contribution in [0.3, 0.4) is 0 Å². The average Bonchev–Trinajstić information content (AvgIpc) is 3.51. The van der Waals surface area contributed by atoms with Gasteiger partial charge in [-0.15, -0.1) is 0 Å². The van der Waals surface area contributed by atoms with Crippen molar-refractivity contribution in [1.29, 1.82) is 0 Å². The number of fused-ring (bicyclic) bond motifs is 2. The lowest BCUT2D eigenvalue weighted by Crippen LogP contribution is -2.41. The third kappa shape index (κ3) is 4.11. The molecule has 0 saturated carbocycles. The zero-order valence-electron chi connectivity index (χ0n) is 17.7.